The van der Waals surface area contributed by atoms with E-state index in [1.165, 1.54) is 34.8 Å². The van der Waals surface area contributed by atoms with Crippen molar-refractivity contribution in [1.29, 1.82) is 0 Å². The third-order valence-corrected chi connectivity index (χ3v) is 7.37. The Balaban J connectivity index is 1.50. The molecule has 204 valence electrons. The number of hydrogen-bond acceptors (Lipinski definition) is 9. The molecule has 12 heteroatoms. The van der Waals surface area contributed by atoms with Gasteiger partial charge in [-0.15, -0.1) is 0 Å². The molecular formula is C27H27N3O9. The van der Waals surface area contributed by atoms with Crippen LogP contribution in [0.25, 0.3) is 0 Å². The van der Waals surface area contributed by atoms with Crippen LogP contribution in [0.4, 0.5) is 10.5 Å². The van der Waals surface area contributed by atoms with E-state index >= 15 is 0 Å². The van der Waals surface area contributed by atoms with Crippen molar-refractivity contribution in [3.63, 3.8) is 0 Å². The lowest BCUT2D eigenvalue weighted by atomic mass is 10.0. The Labute approximate surface area is 222 Å². The van der Waals surface area contributed by atoms with Gasteiger partial charge in [0.25, 0.3) is 5.91 Å². The number of ether oxygens (including phenoxy) is 2. The summed E-state index contributed by atoms with van der Waals surface area (Å²) in [6, 6.07) is 3.40. The number of methoxy groups -OCH3 is 1. The van der Waals surface area contributed by atoms with E-state index < -0.39 is 49.1 Å². The summed E-state index contributed by atoms with van der Waals surface area (Å²) in [7, 11) is 2.84. The molecule has 1 aromatic carbocycles. The Kier molecular flexibility index (Phi) is 6.62. The van der Waals surface area contributed by atoms with Gasteiger partial charge < -0.3 is 34.3 Å². The maximum absolute atomic E-state index is 13.5. The van der Waals surface area contributed by atoms with Crippen LogP contribution in [0.15, 0.2) is 42.2 Å². The number of hydrogen-bond donors (Lipinski definition) is 3. The van der Waals surface area contributed by atoms with E-state index in [2.05, 4.69) is 6.58 Å². The second-order valence-electron chi connectivity index (χ2n) is 9.61. The number of nitrogens with zero attached hydrogens (tertiary/aromatic N) is 3. The summed E-state index contributed by atoms with van der Waals surface area (Å²) < 4.78 is 12.0. The lowest BCUT2D eigenvalue weighted by molar-refractivity contribution is 0.0484. The fraction of sp³-hybridized carbons (Fsp3) is 0.333. The van der Waals surface area contributed by atoms with Gasteiger partial charge >= 0.3 is 6.09 Å². The number of benzene rings is 1. The van der Waals surface area contributed by atoms with Crippen LogP contribution in [0.2, 0.25) is 0 Å². The SMILES string of the molecule is C=C1C[C@H]2C(O)N(C(=O)OCc3cc4c(n3C)C(=O)C=C(OC)C4=O)c3cc(CO)c(CO)cc3C(=O)N2C1. The highest BCUT2D eigenvalue weighted by Crippen LogP contribution is 2.38. The summed E-state index contributed by atoms with van der Waals surface area (Å²) in [5, 5.41) is 30.9. The molecular weight excluding hydrogens is 510 g/mol. The number of aromatic nitrogens is 1. The molecule has 1 aromatic heterocycles. The predicted octanol–water partition coefficient (Wildman–Crippen LogP) is 1.16. The average molecular weight is 538 g/mol. The molecule has 39 heavy (non-hydrogen) atoms. The summed E-state index contributed by atoms with van der Waals surface area (Å²) in [6.45, 7) is 2.82. The first-order valence-corrected chi connectivity index (χ1v) is 12.1. The van der Waals surface area contributed by atoms with Crippen LogP contribution in [0, 0.1) is 0 Å². The number of fused-ring (bicyclic) bond motifs is 3. The lowest BCUT2D eigenvalue weighted by Gasteiger charge is -2.31. The van der Waals surface area contributed by atoms with Crippen molar-refractivity contribution in [2.75, 3.05) is 18.6 Å². The first-order chi connectivity index (χ1) is 18.6. The van der Waals surface area contributed by atoms with E-state index in [0.717, 1.165) is 11.0 Å². The Morgan fingerprint density at radius 2 is 1.79 bits per heavy atom. The summed E-state index contributed by atoms with van der Waals surface area (Å²) in [4.78, 5) is 54.5. The van der Waals surface area contributed by atoms with E-state index in [-0.39, 0.29) is 53.4 Å². The largest absolute Gasteiger partial charge is 0.492 e. The average Bonchev–Trinajstić information content (AvgIpc) is 3.46. The minimum Gasteiger partial charge on any atom is -0.492 e. The molecule has 1 saturated heterocycles. The highest BCUT2D eigenvalue weighted by Gasteiger charge is 2.46. The molecule has 1 unspecified atom stereocenters. The number of anilines is 1. The number of allylic oxidation sites excluding steroid dienone is 2. The van der Waals surface area contributed by atoms with Gasteiger partial charge in [-0.05, 0) is 35.7 Å². The molecule has 3 aliphatic rings. The maximum Gasteiger partial charge on any atom is 0.416 e. The number of carbonyl (C=O) groups is 4. The van der Waals surface area contributed by atoms with Crippen molar-refractivity contribution >= 4 is 29.3 Å². The Hall–Kier alpha value is -4.26. The fourth-order valence-corrected chi connectivity index (χ4v) is 5.34. The molecule has 2 amide bonds. The van der Waals surface area contributed by atoms with Gasteiger partial charge in [0.1, 0.15) is 12.3 Å². The quantitative estimate of drug-likeness (QED) is 0.476. The molecule has 1 aliphatic carbocycles. The number of Topliss-reactive ketones (excluding diaryl/α,β-unsaturated/α-hetero) is 1. The highest BCUT2D eigenvalue weighted by atomic mass is 16.6. The van der Waals surface area contributed by atoms with Gasteiger partial charge in [-0.25, -0.2) is 9.69 Å². The molecule has 0 radical (unpaired) electrons. The van der Waals surface area contributed by atoms with Gasteiger partial charge in [0.15, 0.2) is 12.0 Å². The Bertz CT molecular complexity index is 1470. The van der Waals surface area contributed by atoms with Crippen LogP contribution in [-0.2, 0) is 36.3 Å². The second kappa shape index (κ2) is 9.80. The normalized spacial score (nSPS) is 20.4. The standard InChI is InChI=1S/C27H27N3O9/c1-13-4-20-26(36)30(19-6-15(11-32)14(10-31)5-17(19)25(35)29(20)9-13)27(37)39-12-16-7-18-23(28(16)2)21(33)8-22(38-3)24(18)34/h5-8,20,26,31-32,36H,1,4,9-12H2,2-3H3/t20-,26?/m0/s1. The van der Waals surface area contributed by atoms with Crippen molar-refractivity contribution in [3.05, 3.63) is 75.8 Å². The predicted molar refractivity (Wildman–Crippen MR) is 135 cm³/mol. The van der Waals surface area contributed by atoms with E-state index in [0.29, 0.717) is 16.8 Å². The monoisotopic (exact) mass is 537 g/mol. The van der Waals surface area contributed by atoms with Gasteiger partial charge in [-0.1, -0.05) is 12.2 Å². The third-order valence-electron chi connectivity index (χ3n) is 7.37. The zero-order valence-electron chi connectivity index (χ0n) is 21.3. The second-order valence-corrected chi connectivity index (χ2v) is 9.61. The molecule has 1 fully saturated rings. The minimum absolute atomic E-state index is 0.0178. The molecule has 0 saturated carbocycles. The van der Waals surface area contributed by atoms with Crippen molar-refractivity contribution < 1.29 is 44.0 Å². The summed E-state index contributed by atoms with van der Waals surface area (Å²) >= 11 is 0. The van der Waals surface area contributed by atoms with Gasteiger partial charge in [0.2, 0.25) is 11.6 Å². The van der Waals surface area contributed by atoms with Crippen molar-refractivity contribution in [2.45, 2.75) is 38.5 Å². The van der Waals surface area contributed by atoms with Gasteiger partial charge in [0.05, 0.1) is 48.9 Å². The highest BCUT2D eigenvalue weighted by molar-refractivity contribution is 6.23. The molecule has 5 rings (SSSR count). The van der Waals surface area contributed by atoms with Crippen LogP contribution in [0.3, 0.4) is 0 Å². The fourth-order valence-electron chi connectivity index (χ4n) is 5.34. The smallest absolute Gasteiger partial charge is 0.416 e. The van der Waals surface area contributed by atoms with Crippen LogP contribution >= 0.6 is 0 Å². The van der Waals surface area contributed by atoms with Crippen molar-refractivity contribution in [2.24, 2.45) is 7.05 Å². The topological polar surface area (TPSA) is 159 Å². The summed E-state index contributed by atoms with van der Waals surface area (Å²) in [5.41, 5.74) is 1.92. The van der Waals surface area contributed by atoms with Gasteiger partial charge in [0, 0.05) is 19.7 Å². The molecule has 0 spiro atoms. The molecule has 3 N–H and O–H groups in total. The molecule has 0 bridgehead atoms. The lowest BCUT2D eigenvalue weighted by Crippen LogP contribution is -2.50. The van der Waals surface area contributed by atoms with Crippen LogP contribution in [0.5, 0.6) is 0 Å². The molecule has 3 heterocycles. The van der Waals surface area contributed by atoms with Crippen molar-refractivity contribution in [1.82, 2.24) is 9.47 Å². The first-order valence-electron chi connectivity index (χ1n) is 12.1. The number of ketones is 2. The number of aliphatic hydroxyl groups excluding tert-OH is 3. The van der Waals surface area contributed by atoms with Crippen LogP contribution < -0.4 is 4.90 Å². The first kappa shape index (κ1) is 26.4. The summed E-state index contributed by atoms with van der Waals surface area (Å²) in [6.07, 6.45) is -1.15. The number of amides is 2. The van der Waals surface area contributed by atoms with Gasteiger partial charge in [-0.3, -0.25) is 14.4 Å². The number of aliphatic hydroxyl groups is 3. The maximum atomic E-state index is 13.5. The Morgan fingerprint density at radius 3 is 2.46 bits per heavy atom. The Morgan fingerprint density at radius 1 is 1.10 bits per heavy atom. The molecule has 12 nitrogen and oxygen atoms in total. The zero-order chi connectivity index (χ0) is 28.2. The zero-order valence-corrected chi connectivity index (χ0v) is 21.3. The van der Waals surface area contributed by atoms with E-state index in [4.69, 9.17) is 9.47 Å². The van der Waals surface area contributed by atoms with Crippen molar-refractivity contribution in [3.8, 4) is 0 Å². The molecule has 2 aliphatic heterocycles. The molecule has 2 aromatic rings. The van der Waals surface area contributed by atoms with Crippen LogP contribution in [0.1, 0.15) is 54.4 Å². The van der Waals surface area contributed by atoms with Gasteiger partial charge in [-0.2, -0.15) is 0 Å². The van der Waals surface area contributed by atoms with Crippen LogP contribution in [-0.4, -0.2) is 74.3 Å². The minimum atomic E-state index is -1.51. The van der Waals surface area contributed by atoms with E-state index in [9.17, 15) is 34.5 Å². The van der Waals surface area contributed by atoms with E-state index in [1.54, 1.807) is 7.05 Å². The number of rotatable bonds is 5. The third kappa shape index (κ3) is 4.13. The number of carbonyl (C=O) groups excluding carboxylic acids is 4. The summed E-state index contributed by atoms with van der Waals surface area (Å²) in [5.74, 6) is -1.47. The molecule has 2 atom stereocenters. The van der Waals surface area contributed by atoms with E-state index in [1.807, 2.05) is 0 Å².